The molecule has 0 bridgehead atoms. The van der Waals surface area contributed by atoms with Gasteiger partial charge in [-0.15, -0.1) is 0 Å². The van der Waals surface area contributed by atoms with E-state index in [0.29, 0.717) is 5.41 Å². The first-order valence-electron chi connectivity index (χ1n) is 5.79. The average Bonchev–Trinajstić information content (AvgIpc) is 2.47. The van der Waals surface area contributed by atoms with Crippen molar-refractivity contribution in [1.29, 1.82) is 0 Å². The second-order valence-electron chi connectivity index (χ2n) is 5.46. The van der Waals surface area contributed by atoms with Gasteiger partial charge in [-0.1, -0.05) is 34.1 Å². The van der Waals surface area contributed by atoms with Crippen molar-refractivity contribution < 1.29 is 0 Å². The van der Waals surface area contributed by atoms with Crippen LogP contribution in [0, 0.1) is 11.3 Å². The smallest absolute Gasteiger partial charge is 0.0100 e. The van der Waals surface area contributed by atoms with Crippen LogP contribution in [0.4, 0.5) is 0 Å². The van der Waals surface area contributed by atoms with Gasteiger partial charge in [0.25, 0.3) is 0 Å². The van der Waals surface area contributed by atoms with Gasteiger partial charge in [-0.25, -0.2) is 0 Å². The predicted molar refractivity (Wildman–Crippen MR) is 58.9 cm³/mol. The molecule has 1 heteroatoms. The first-order valence-corrected chi connectivity index (χ1v) is 5.79. The van der Waals surface area contributed by atoms with E-state index in [9.17, 15) is 0 Å². The molecule has 1 nitrogen and oxygen atoms in total. The summed E-state index contributed by atoms with van der Waals surface area (Å²) in [6.45, 7) is 10.6. The van der Waals surface area contributed by atoms with Crippen LogP contribution in [0.25, 0.3) is 0 Å². The fourth-order valence-corrected chi connectivity index (χ4v) is 2.57. The maximum absolute atomic E-state index is 3.69. The van der Waals surface area contributed by atoms with Crippen LogP contribution in [0.5, 0.6) is 0 Å². The van der Waals surface area contributed by atoms with Gasteiger partial charge in [-0.05, 0) is 37.1 Å². The van der Waals surface area contributed by atoms with Crippen molar-refractivity contribution in [1.82, 2.24) is 5.32 Å². The third-order valence-electron chi connectivity index (χ3n) is 3.28. The Morgan fingerprint density at radius 3 is 2.46 bits per heavy atom. The van der Waals surface area contributed by atoms with Crippen molar-refractivity contribution >= 4 is 0 Å². The lowest BCUT2D eigenvalue weighted by molar-refractivity contribution is 0.203. The Balaban J connectivity index is 2.44. The third kappa shape index (κ3) is 2.98. The summed E-state index contributed by atoms with van der Waals surface area (Å²) in [5.74, 6) is 0.888. The second kappa shape index (κ2) is 4.45. The minimum absolute atomic E-state index is 0.488. The lowest BCUT2D eigenvalue weighted by Gasteiger charge is -2.32. The zero-order valence-corrected chi connectivity index (χ0v) is 9.69. The summed E-state index contributed by atoms with van der Waals surface area (Å²) in [5.41, 5.74) is 0.488. The van der Waals surface area contributed by atoms with Gasteiger partial charge in [0.05, 0.1) is 0 Å². The van der Waals surface area contributed by atoms with Gasteiger partial charge in [0.15, 0.2) is 0 Å². The summed E-state index contributed by atoms with van der Waals surface area (Å²) in [5, 5.41) is 3.69. The monoisotopic (exact) mass is 183 g/mol. The van der Waals surface area contributed by atoms with Crippen molar-refractivity contribution in [2.24, 2.45) is 11.3 Å². The Hall–Kier alpha value is -0.0400. The standard InChI is InChI=1S/C12H25N/c1-5-9-13-11-8-6-7-10(11)12(2,3)4/h10-11,13H,5-9H2,1-4H3. The Bertz CT molecular complexity index is 146. The Morgan fingerprint density at radius 1 is 1.23 bits per heavy atom. The van der Waals surface area contributed by atoms with Gasteiger partial charge >= 0.3 is 0 Å². The maximum atomic E-state index is 3.69. The molecule has 2 unspecified atom stereocenters. The quantitative estimate of drug-likeness (QED) is 0.708. The van der Waals surface area contributed by atoms with E-state index in [-0.39, 0.29) is 0 Å². The molecule has 0 aromatic heterocycles. The van der Waals surface area contributed by atoms with Crippen molar-refractivity contribution in [2.45, 2.75) is 59.4 Å². The van der Waals surface area contributed by atoms with Crippen LogP contribution in [-0.4, -0.2) is 12.6 Å². The number of hydrogen-bond donors (Lipinski definition) is 1. The summed E-state index contributed by atoms with van der Waals surface area (Å²) in [4.78, 5) is 0. The van der Waals surface area contributed by atoms with Crippen molar-refractivity contribution in [3.63, 3.8) is 0 Å². The molecule has 0 aliphatic heterocycles. The molecule has 2 atom stereocenters. The Morgan fingerprint density at radius 2 is 1.92 bits per heavy atom. The first-order chi connectivity index (χ1) is 6.05. The minimum atomic E-state index is 0.488. The van der Waals surface area contributed by atoms with Gasteiger partial charge in [0.1, 0.15) is 0 Å². The molecular weight excluding hydrogens is 158 g/mol. The zero-order chi connectivity index (χ0) is 9.90. The van der Waals surface area contributed by atoms with E-state index in [1.54, 1.807) is 0 Å². The minimum Gasteiger partial charge on any atom is -0.314 e. The molecule has 1 aliphatic carbocycles. The highest BCUT2D eigenvalue weighted by Gasteiger charge is 2.35. The molecule has 0 aromatic carbocycles. The van der Waals surface area contributed by atoms with Gasteiger partial charge in [0, 0.05) is 6.04 Å². The molecule has 1 saturated carbocycles. The largest absolute Gasteiger partial charge is 0.314 e. The van der Waals surface area contributed by atoms with Crippen LogP contribution in [-0.2, 0) is 0 Å². The number of rotatable bonds is 3. The summed E-state index contributed by atoms with van der Waals surface area (Å²) in [7, 11) is 0. The molecular formula is C12H25N. The predicted octanol–water partition coefficient (Wildman–Crippen LogP) is 3.20. The second-order valence-corrected chi connectivity index (χ2v) is 5.46. The zero-order valence-electron chi connectivity index (χ0n) is 9.69. The molecule has 0 saturated heterocycles. The third-order valence-corrected chi connectivity index (χ3v) is 3.28. The molecule has 0 heterocycles. The fourth-order valence-electron chi connectivity index (χ4n) is 2.57. The topological polar surface area (TPSA) is 12.0 Å². The molecule has 1 fully saturated rings. The van der Waals surface area contributed by atoms with E-state index in [0.717, 1.165) is 12.0 Å². The van der Waals surface area contributed by atoms with Crippen molar-refractivity contribution in [3.8, 4) is 0 Å². The molecule has 1 rings (SSSR count). The average molecular weight is 183 g/mol. The maximum Gasteiger partial charge on any atom is 0.0100 e. The van der Waals surface area contributed by atoms with Crippen LogP contribution >= 0.6 is 0 Å². The lowest BCUT2D eigenvalue weighted by Crippen LogP contribution is -2.38. The SMILES string of the molecule is CCCNC1CCCC1C(C)(C)C. The van der Waals surface area contributed by atoms with E-state index in [1.165, 1.54) is 32.2 Å². The first kappa shape index (κ1) is 11.0. The van der Waals surface area contributed by atoms with Crippen LogP contribution in [0.3, 0.4) is 0 Å². The van der Waals surface area contributed by atoms with Gasteiger partial charge in [-0.2, -0.15) is 0 Å². The van der Waals surface area contributed by atoms with E-state index in [4.69, 9.17) is 0 Å². The fraction of sp³-hybridized carbons (Fsp3) is 1.00. The lowest BCUT2D eigenvalue weighted by atomic mass is 9.77. The number of hydrogen-bond acceptors (Lipinski definition) is 1. The summed E-state index contributed by atoms with van der Waals surface area (Å²) in [6.07, 6.45) is 5.49. The van der Waals surface area contributed by atoms with Gasteiger partial charge < -0.3 is 5.32 Å². The Kier molecular flexibility index (Phi) is 3.78. The van der Waals surface area contributed by atoms with Crippen LogP contribution in [0.1, 0.15) is 53.4 Å². The van der Waals surface area contributed by atoms with Crippen LogP contribution in [0.2, 0.25) is 0 Å². The van der Waals surface area contributed by atoms with Crippen molar-refractivity contribution in [3.05, 3.63) is 0 Å². The molecule has 13 heavy (non-hydrogen) atoms. The normalized spacial score (nSPS) is 29.5. The molecule has 0 aromatic rings. The highest BCUT2D eigenvalue weighted by atomic mass is 14.9. The number of nitrogens with one attached hydrogen (secondary N) is 1. The van der Waals surface area contributed by atoms with Crippen LogP contribution < -0.4 is 5.32 Å². The highest BCUT2D eigenvalue weighted by molar-refractivity contribution is 4.89. The summed E-state index contributed by atoms with van der Waals surface area (Å²) in [6, 6.07) is 0.792. The van der Waals surface area contributed by atoms with E-state index in [1.807, 2.05) is 0 Å². The molecule has 1 N–H and O–H groups in total. The van der Waals surface area contributed by atoms with Crippen LogP contribution in [0.15, 0.2) is 0 Å². The summed E-state index contributed by atoms with van der Waals surface area (Å²) < 4.78 is 0. The van der Waals surface area contributed by atoms with E-state index in [2.05, 4.69) is 33.0 Å². The van der Waals surface area contributed by atoms with Gasteiger partial charge in [0.2, 0.25) is 0 Å². The highest BCUT2D eigenvalue weighted by Crippen LogP contribution is 2.39. The molecule has 0 radical (unpaired) electrons. The van der Waals surface area contributed by atoms with Gasteiger partial charge in [-0.3, -0.25) is 0 Å². The molecule has 0 amide bonds. The summed E-state index contributed by atoms with van der Waals surface area (Å²) >= 11 is 0. The molecule has 78 valence electrons. The Labute approximate surface area is 83.3 Å². The van der Waals surface area contributed by atoms with Crippen molar-refractivity contribution in [2.75, 3.05) is 6.54 Å². The van der Waals surface area contributed by atoms with E-state index < -0.39 is 0 Å². The molecule has 0 spiro atoms. The molecule has 1 aliphatic rings. The van der Waals surface area contributed by atoms with E-state index >= 15 is 0 Å².